The number of aryl methyl sites for hydroxylation is 2. The summed E-state index contributed by atoms with van der Waals surface area (Å²) in [6, 6.07) is 26.9. The summed E-state index contributed by atoms with van der Waals surface area (Å²) in [5.41, 5.74) is 5.43. The van der Waals surface area contributed by atoms with Gasteiger partial charge in [0.2, 0.25) is 0 Å². The largest absolute Gasteiger partial charge is 0.441 e. The zero-order valence-corrected chi connectivity index (χ0v) is 21.6. The second-order valence-electron chi connectivity index (χ2n) is 9.16. The van der Waals surface area contributed by atoms with E-state index >= 15 is 0 Å². The maximum atomic E-state index is 12.8. The van der Waals surface area contributed by atoms with Gasteiger partial charge in [-0.2, -0.15) is 5.10 Å². The molecule has 1 heterocycles. The smallest absolute Gasteiger partial charge is 0.412 e. The Morgan fingerprint density at radius 1 is 0.919 bits per heavy atom. The quantitative estimate of drug-likeness (QED) is 0.310. The van der Waals surface area contributed by atoms with Gasteiger partial charge in [-0.25, -0.2) is 4.79 Å². The molecule has 4 aromatic rings. The van der Waals surface area contributed by atoms with Crippen molar-refractivity contribution in [3.8, 4) is 11.3 Å². The Labute approximate surface area is 217 Å². The van der Waals surface area contributed by atoms with Crippen LogP contribution in [0.15, 0.2) is 84.9 Å². The first-order valence-electron chi connectivity index (χ1n) is 12.3. The van der Waals surface area contributed by atoms with E-state index in [1.54, 1.807) is 16.8 Å². The average Bonchev–Trinajstić information content (AvgIpc) is 3.17. The molecule has 37 heavy (non-hydrogen) atoms. The number of nitrogens with zero attached hydrogens (tertiary/aromatic N) is 2. The molecule has 0 aliphatic heterocycles. The number of carbonyl (C=O) groups excluding carboxylic acids is 2. The number of amides is 2. The Morgan fingerprint density at radius 3 is 2.19 bits per heavy atom. The maximum absolute atomic E-state index is 12.8. The summed E-state index contributed by atoms with van der Waals surface area (Å²) in [4.78, 5) is 25.5. The van der Waals surface area contributed by atoms with Crippen LogP contribution >= 0.6 is 0 Å². The van der Waals surface area contributed by atoms with Crippen LogP contribution in [0.1, 0.15) is 47.1 Å². The van der Waals surface area contributed by atoms with Gasteiger partial charge in [0.1, 0.15) is 6.10 Å². The van der Waals surface area contributed by atoms with E-state index in [2.05, 4.69) is 27.9 Å². The highest BCUT2D eigenvalue weighted by Gasteiger charge is 2.20. The molecule has 0 bridgehead atoms. The fourth-order valence-corrected chi connectivity index (χ4v) is 4.33. The minimum absolute atomic E-state index is 0.00519. The van der Waals surface area contributed by atoms with E-state index in [9.17, 15) is 9.59 Å². The third-order valence-corrected chi connectivity index (χ3v) is 6.18. The van der Waals surface area contributed by atoms with Crippen LogP contribution in [0.3, 0.4) is 0 Å². The lowest BCUT2D eigenvalue weighted by molar-refractivity contribution is 0.0940. The van der Waals surface area contributed by atoms with Crippen LogP contribution in [-0.2, 0) is 18.2 Å². The minimum atomic E-state index is -0.558. The molecule has 2 atom stereocenters. The molecule has 0 radical (unpaired) electrons. The van der Waals surface area contributed by atoms with E-state index in [1.165, 1.54) is 5.56 Å². The molecule has 7 heteroatoms. The van der Waals surface area contributed by atoms with Crippen molar-refractivity contribution in [1.82, 2.24) is 15.1 Å². The van der Waals surface area contributed by atoms with Crippen LogP contribution in [0.4, 0.5) is 10.5 Å². The summed E-state index contributed by atoms with van der Waals surface area (Å²) in [7, 11) is 1.82. The molecule has 0 unspecified atom stereocenters. The molecule has 0 aliphatic rings. The van der Waals surface area contributed by atoms with Gasteiger partial charge in [0, 0.05) is 24.2 Å². The number of nitrogens with one attached hydrogen (secondary N) is 2. The lowest BCUT2D eigenvalue weighted by Gasteiger charge is -2.15. The van der Waals surface area contributed by atoms with E-state index in [1.807, 2.05) is 88.5 Å². The maximum Gasteiger partial charge on any atom is 0.412 e. The van der Waals surface area contributed by atoms with Gasteiger partial charge in [0.15, 0.2) is 0 Å². The molecular formula is C30H32N4O3. The second-order valence-corrected chi connectivity index (χ2v) is 9.16. The summed E-state index contributed by atoms with van der Waals surface area (Å²) in [5, 5.41) is 10.4. The standard InChI is InChI=1S/C30H32N4O3/c1-20(19-23-11-7-5-8-12-23)31-29(35)26-17-15-25(16-18-26)28-27(21(2)33-34(28)4)32-30(36)37-22(3)24-13-9-6-10-14-24/h5-18,20,22H,19H2,1-4H3,(H,31,35)(H,32,36)/t20-,22-/m1/s1. The number of anilines is 1. The number of benzene rings is 3. The summed E-state index contributed by atoms with van der Waals surface area (Å²) in [6.45, 7) is 5.65. The average molecular weight is 497 g/mol. The van der Waals surface area contributed by atoms with E-state index in [0.717, 1.165) is 23.2 Å². The summed E-state index contributed by atoms with van der Waals surface area (Å²) >= 11 is 0. The van der Waals surface area contributed by atoms with Crippen molar-refractivity contribution in [1.29, 1.82) is 0 Å². The third kappa shape index (κ3) is 6.44. The normalized spacial score (nSPS) is 12.4. The molecule has 0 spiro atoms. The summed E-state index contributed by atoms with van der Waals surface area (Å²) in [6.07, 6.45) is -0.201. The topological polar surface area (TPSA) is 85.3 Å². The van der Waals surface area contributed by atoms with Gasteiger partial charge in [-0.05, 0) is 50.5 Å². The molecule has 0 aliphatic carbocycles. The van der Waals surface area contributed by atoms with Crippen molar-refractivity contribution in [2.75, 3.05) is 5.32 Å². The molecule has 2 amide bonds. The van der Waals surface area contributed by atoms with Crippen LogP contribution in [-0.4, -0.2) is 27.8 Å². The molecule has 0 fully saturated rings. The number of carbonyl (C=O) groups is 2. The van der Waals surface area contributed by atoms with Crippen molar-refractivity contribution in [2.24, 2.45) is 7.05 Å². The predicted octanol–water partition coefficient (Wildman–Crippen LogP) is 6.07. The zero-order valence-electron chi connectivity index (χ0n) is 21.6. The molecule has 4 rings (SSSR count). The molecule has 0 saturated carbocycles. The molecule has 190 valence electrons. The number of hydrogen-bond acceptors (Lipinski definition) is 4. The van der Waals surface area contributed by atoms with E-state index in [-0.39, 0.29) is 11.9 Å². The molecule has 2 N–H and O–H groups in total. The van der Waals surface area contributed by atoms with Crippen LogP contribution in [0, 0.1) is 6.92 Å². The van der Waals surface area contributed by atoms with Crippen LogP contribution in [0.25, 0.3) is 11.3 Å². The van der Waals surface area contributed by atoms with E-state index in [0.29, 0.717) is 16.9 Å². The molecular weight excluding hydrogens is 464 g/mol. The Morgan fingerprint density at radius 2 is 1.54 bits per heavy atom. The Bertz CT molecular complexity index is 1350. The number of hydrogen-bond donors (Lipinski definition) is 2. The highest BCUT2D eigenvalue weighted by molar-refractivity contribution is 5.96. The van der Waals surface area contributed by atoms with Crippen LogP contribution < -0.4 is 10.6 Å². The Balaban J connectivity index is 1.44. The van der Waals surface area contributed by atoms with Gasteiger partial charge in [0.25, 0.3) is 5.91 Å². The second kappa shape index (κ2) is 11.6. The highest BCUT2D eigenvalue weighted by atomic mass is 16.6. The molecule has 7 nitrogen and oxygen atoms in total. The number of aromatic nitrogens is 2. The first kappa shape index (κ1) is 25.7. The fraction of sp³-hybridized carbons (Fsp3) is 0.233. The Kier molecular flexibility index (Phi) is 8.03. The lowest BCUT2D eigenvalue weighted by Crippen LogP contribution is -2.34. The van der Waals surface area contributed by atoms with Gasteiger partial charge in [0.05, 0.1) is 17.1 Å². The SMILES string of the molecule is Cc1nn(C)c(-c2ccc(C(=O)N[C@H](C)Cc3ccccc3)cc2)c1NC(=O)O[C@H](C)c1ccccc1. The van der Waals surface area contributed by atoms with Gasteiger partial charge in [-0.1, -0.05) is 72.8 Å². The minimum Gasteiger partial charge on any atom is -0.441 e. The van der Waals surface area contributed by atoms with Gasteiger partial charge < -0.3 is 10.1 Å². The Hall–Kier alpha value is -4.39. The molecule has 3 aromatic carbocycles. The van der Waals surface area contributed by atoms with Crippen molar-refractivity contribution in [3.05, 3.63) is 107 Å². The van der Waals surface area contributed by atoms with Crippen molar-refractivity contribution in [3.63, 3.8) is 0 Å². The van der Waals surface area contributed by atoms with Crippen molar-refractivity contribution < 1.29 is 14.3 Å². The monoisotopic (exact) mass is 496 g/mol. The molecule has 1 aromatic heterocycles. The van der Waals surface area contributed by atoms with E-state index in [4.69, 9.17) is 4.74 Å². The van der Waals surface area contributed by atoms with Gasteiger partial charge >= 0.3 is 6.09 Å². The van der Waals surface area contributed by atoms with Gasteiger partial charge in [-0.15, -0.1) is 0 Å². The summed E-state index contributed by atoms with van der Waals surface area (Å²) < 4.78 is 7.30. The van der Waals surface area contributed by atoms with Crippen molar-refractivity contribution in [2.45, 2.75) is 39.3 Å². The number of ether oxygens (including phenoxy) is 1. The lowest BCUT2D eigenvalue weighted by atomic mass is 10.1. The van der Waals surface area contributed by atoms with Crippen LogP contribution in [0.5, 0.6) is 0 Å². The van der Waals surface area contributed by atoms with E-state index < -0.39 is 12.2 Å². The number of rotatable bonds is 8. The third-order valence-electron chi connectivity index (χ3n) is 6.18. The first-order valence-corrected chi connectivity index (χ1v) is 12.3. The summed E-state index contributed by atoms with van der Waals surface area (Å²) in [5.74, 6) is -0.131. The zero-order chi connectivity index (χ0) is 26.4. The van der Waals surface area contributed by atoms with Crippen LogP contribution in [0.2, 0.25) is 0 Å². The van der Waals surface area contributed by atoms with Crippen molar-refractivity contribution >= 4 is 17.7 Å². The predicted molar refractivity (Wildman–Crippen MR) is 145 cm³/mol. The first-order chi connectivity index (χ1) is 17.8. The fourth-order valence-electron chi connectivity index (χ4n) is 4.33. The molecule has 0 saturated heterocycles. The highest BCUT2D eigenvalue weighted by Crippen LogP contribution is 2.31. The van der Waals surface area contributed by atoms with Gasteiger partial charge in [-0.3, -0.25) is 14.8 Å².